The lowest BCUT2D eigenvalue weighted by Crippen LogP contribution is -2.51. The summed E-state index contributed by atoms with van der Waals surface area (Å²) in [5.74, 6) is 2.25. The number of hydrogen-bond acceptors (Lipinski definition) is 12. The highest BCUT2D eigenvalue weighted by Gasteiger charge is 2.37. The van der Waals surface area contributed by atoms with Crippen LogP contribution in [0.5, 0.6) is 0 Å². The van der Waals surface area contributed by atoms with Gasteiger partial charge in [-0.3, -0.25) is 4.98 Å². The van der Waals surface area contributed by atoms with Gasteiger partial charge in [-0.05, 0) is 76.7 Å². The maximum Gasteiger partial charge on any atom is 0.256 e. The predicted octanol–water partition coefficient (Wildman–Crippen LogP) is 4.25. The van der Waals surface area contributed by atoms with E-state index in [0.717, 1.165) is 65.1 Å². The van der Waals surface area contributed by atoms with Gasteiger partial charge in [0.15, 0.2) is 5.82 Å². The summed E-state index contributed by atoms with van der Waals surface area (Å²) in [5.41, 5.74) is 4.35. The Labute approximate surface area is 275 Å². The topological polar surface area (TPSA) is 143 Å². The fourth-order valence-corrected chi connectivity index (χ4v) is 7.86. The van der Waals surface area contributed by atoms with Crippen LogP contribution in [0.4, 0.5) is 23.0 Å². The van der Waals surface area contributed by atoms with Gasteiger partial charge in [0.05, 0.1) is 46.9 Å². The molecule has 0 atom stereocenters. The minimum absolute atomic E-state index is 0.273. The molecular formula is C33H42N10O3S. The van der Waals surface area contributed by atoms with E-state index in [9.17, 15) is 8.42 Å². The van der Waals surface area contributed by atoms with Gasteiger partial charge in [0.2, 0.25) is 0 Å². The molecule has 1 saturated heterocycles. The molecular weight excluding hydrogens is 616 g/mol. The molecule has 5 heterocycles. The molecule has 1 aliphatic heterocycles. The Morgan fingerprint density at radius 1 is 0.957 bits per heavy atom. The van der Waals surface area contributed by atoms with Crippen molar-refractivity contribution in [2.24, 2.45) is 5.92 Å². The van der Waals surface area contributed by atoms with Gasteiger partial charge in [0, 0.05) is 62.5 Å². The van der Waals surface area contributed by atoms with Crippen molar-refractivity contribution in [2.75, 3.05) is 56.4 Å². The minimum atomic E-state index is -3.47. The number of nitrogens with one attached hydrogen (secondary N) is 2. The van der Waals surface area contributed by atoms with Crippen molar-refractivity contribution in [3.05, 3.63) is 55.2 Å². The van der Waals surface area contributed by atoms with Crippen LogP contribution in [-0.4, -0.2) is 101 Å². The molecule has 4 aromatic heterocycles. The van der Waals surface area contributed by atoms with Gasteiger partial charge in [0.25, 0.3) is 10.0 Å². The van der Waals surface area contributed by atoms with E-state index in [0.29, 0.717) is 41.9 Å². The van der Waals surface area contributed by atoms with Crippen LogP contribution in [0, 0.1) is 5.92 Å². The number of nitrogens with zero attached hydrogens (tertiary/aromatic N) is 8. The summed E-state index contributed by atoms with van der Waals surface area (Å²) >= 11 is 0. The molecule has 0 unspecified atom stereocenters. The maximum absolute atomic E-state index is 12.6. The highest BCUT2D eigenvalue weighted by molar-refractivity contribution is 7.90. The number of pyridine rings is 2. The summed E-state index contributed by atoms with van der Waals surface area (Å²) in [6.45, 7) is 2.86. The van der Waals surface area contributed by atoms with E-state index in [1.165, 1.54) is 25.2 Å². The first kappa shape index (κ1) is 31.5. The Bertz CT molecular complexity index is 1800. The molecule has 4 aromatic rings. The lowest BCUT2D eigenvalue weighted by Gasteiger charge is -2.39. The van der Waals surface area contributed by atoms with Gasteiger partial charge < -0.3 is 25.2 Å². The van der Waals surface area contributed by atoms with Crippen LogP contribution in [0.3, 0.4) is 0 Å². The van der Waals surface area contributed by atoms with Crippen LogP contribution in [-0.2, 0) is 14.8 Å². The van der Waals surface area contributed by atoms with Crippen molar-refractivity contribution in [1.29, 1.82) is 0 Å². The van der Waals surface area contributed by atoms with Crippen LogP contribution in [0.2, 0.25) is 0 Å². The second-order valence-corrected chi connectivity index (χ2v) is 15.2. The molecule has 2 saturated carbocycles. The summed E-state index contributed by atoms with van der Waals surface area (Å²) in [6.07, 6.45) is 14.6. The molecule has 7 rings (SSSR count). The van der Waals surface area contributed by atoms with Crippen molar-refractivity contribution >= 4 is 33.0 Å². The summed E-state index contributed by atoms with van der Waals surface area (Å²) in [5, 5.41) is 10.9. The number of ether oxygens (including phenoxy) is 1. The summed E-state index contributed by atoms with van der Waals surface area (Å²) in [6, 6.07) is 8.28. The van der Waals surface area contributed by atoms with Crippen LogP contribution < -0.4 is 15.5 Å². The second-order valence-electron chi connectivity index (χ2n) is 13.1. The average molecular weight is 659 g/mol. The molecule has 47 heavy (non-hydrogen) atoms. The standard InChI is InChI=1S/C33H42N10O3S/c1-41(2)18-22-4-6-24(7-5-22)38-30-14-32(36-17-28(30)29-11-8-25(16-35-29)42-20-26(21-42)46-3)39-31-12-13-34-33(40-31)23-15-37-43(19-23)47(44,45)27-9-10-27/h8,11-17,19,22,24,26-27H,4-7,9-10,18,20-21H2,1-3H3,(H2,34,36,38,39,40). The van der Waals surface area contributed by atoms with Gasteiger partial charge >= 0.3 is 0 Å². The Kier molecular flexibility index (Phi) is 8.81. The van der Waals surface area contributed by atoms with Gasteiger partial charge in [-0.15, -0.1) is 0 Å². The quantitative estimate of drug-likeness (QED) is 0.225. The molecule has 248 valence electrons. The predicted molar refractivity (Wildman–Crippen MR) is 182 cm³/mol. The lowest BCUT2D eigenvalue weighted by molar-refractivity contribution is 0.0787. The van der Waals surface area contributed by atoms with Crippen molar-refractivity contribution in [2.45, 2.75) is 55.9 Å². The molecule has 0 radical (unpaired) electrons. The second kappa shape index (κ2) is 13.2. The molecule has 3 aliphatic rings. The fourth-order valence-electron chi connectivity index (χ4n) is 6.38. The zero-order valence-corrected chi connectivity index (χ0v) is 27.9. The van der Waals surface area contributed by atoms with E-state index < -0.39 is 10.0 Å². The zero-order chi connectivity index (χ0) is 32.5. The molecule has 0 amide bonds. The Morgan fingerprint density at radius 3 is 2.47 bits per heavy atom. The molecule has 14 heteroatoms. The first-order valence-electron chi connectivity index (χ1n) is 16.3. The molecule has 0 bridgehead atoms. The number of methoxy groups -OCH3 is 1. The van der Waals surface area contributed by atoms with Gasteiger partial charge in [0.1, 0.15) is 11.6 Å². The van der Waals surface area contributed by atoms with Gasteiger partial charge in [-0.2, -0.15) is 9.19 Å². The maximum atomic E-state index is 12.6. The SMILES string of the molecule is COC1CN(c2ccc(-c3cnc(Nc4ccnc(-c5cnn(S(=O)(=O)C6CC6)c5)n4)cc3NC3CCC(CN(C)C)CC3)nc2)C1. The molecule has 3 fully saturated rings. The van der Waals surface area contributed by atoms with Crippen molar-refractivity contribution < 1.29 is 13.2 Å². The van der Waals surface area contributed by atoms with E-state index >= 15 is 0 Å². The van der Waals surface area contributed by atoms with E-state index in [4.69, 9.17) is 14.7 Å². The first-order chi connectivity index (χ1) is 22.7. The number of rotatable bonds is 12. The number of aromatic nitrogens is 6. The third-order valence-electron chi connectivity index (χ3n) is 9.24. The highest BCUT2D eigenvalue weighted by Crippen LogP contribution is 2.34. The van der Waals surface area contributed by atoms with Crippen molar-refractivity contribution in [3.8, 4) is 22.6 Å². The van der Waals surface area contributed by atoms with Crippen LogP contribution in [0.15, 0.2) is 55.2 Å². The molecule has 2 N–H and O–H groups in total. The summed E-state index contributed by atoms with van der Waals surface area (Å²) < 4.78 is 31.7. The zero-order valence-electron chi connectivity index (χ0n) is 27.1. The Hall–Kier alpha value is -4.14. The Morgan fingerprint density at radius 2 is 1.77 bits per heavy atom. The normalized spacial score (nSPS) is 20.3. The van der Waals surface area contributed by atoms with Crippen LogP contribution in [0.1, 0.15) is 38.5 Å². The lowest BCUT2D eigenvalue weighted by atomic mass is 9.85. The van der Waals surface area contributed by atoms with Crippen molar-refractivity contribution in [1.82, 2.24) is 34.0 Å². The average Bonchev–Trinajstić information content (AvgIpc) is 3.79. The van der Waals surface area contributed by atoms with E-state index in [1.54, 1.807) is 19.4 Å². The number of anilines is 4. The van der Waals surface area contributed by atoms with Crippen molar-refractivity contribution in [3.63, 3.8) is 0 Å². The highest BCUT2D eigenvalue weighted by atomic mass is 32.2. The van der Waals surface area contributed by atoms with Crippen LogP contribution >= 0.6 is 0 Å². The van der Waals surface area contributed by atoms with Gasteiger partial charge in [-0.25, -0.2) is 23.4 Å². The summed E-state index contributed by atoms with van der Waals surface area (Å²) in [7, 11) is 2.57. The fraction of sp³-hybridized carbons (Fsp3) is 0.485. The Balaban J connectivity index is 1.11. The third-order valence-corrected chi connectivity index (χ3v) is 11.3. The number of hydrogen-bond donors (Lipinski definition) is 2. The molecule has 0 spiro atoms. The van der Waals surface area contributed by atoms with Gasteiger partial charge in [-0.1, -0.05) is 0 Å². The van der Waals surface area contributed by atoms with E-state index in [2.05, 4.69) is 61.7 Å². The van der Waals surface area contributed by atoms with E-state index in [1.807, 2.05) is 18.5 Å². The molecule has 0 aromatic carbocycles. The monoisotopic (exact) mass is 658 g/mol. The third kappa shape index (κ3) is 7.09. The first-order valence-corrected chi connectivity index (χ1v) is 17.8. The summed E-state index contributed by atoms with van der Waals surface area (Å²) in [4.78, 5) is 23.1. The molecule has 2 aliphatic carbocycles. The van der Waals surface area contributed by atoms with Crippen LogP contribution in [0.25, 0.3) is 22.6 Å². The largest absolute Gasteiger partial charge is 0.382 e. The van der Waals surface area contributed by atoms with E-state index in [-0.39, 0.29) is 11.4 Å². The minimum Gasteiger partial charge on any atom is -0.382 e. The molecule has 13 nitrogen and oxygen atoms in total. The smallest absolute Gasteiger partial charge is 0.256 e.